The van der Waals surface area contributed by atoms with Gasteiger partial charge in [-0.3, -0.25) is 0 Å². The van der Waals surface area contributed by atoms with E-state index in [9.17, 15) is 4.39 Å². The SMILES string of the molecule is C=CCOCC(=NO)c1cc(F)cc(Br)c1. The van der Waals surface area contributed by atoms with E-state index in [1.54, 1.807) is 12.1 Å². The molecular weight excluding hydrogens is 277 g/mol. The Morgan fingerprint density at radius 1 is 1.56 bits per heavy atom. The van der Waals surface area contributed by atoms with E-state index >= 15 is 0 Å². The number of benzene rings is 1. The zero-order valence-corrected chi connectivity index (χ0v) is 10.1. The van der Waals surface area contributed by atoms with Crippen molar-refractivity contribution in [1.29, 1.82) is 0 Å². The van der Waals surface area contributed by atoms with Crippen LogP contribution in [-0.2, 0) is 4.74 Å². The molecule has 5 heteroatoms. The van der Waals surface area contributed by atoms with Gasteiger partial charge in [-0.05, 0) is 18.2 Å². The van der Waals surface area contributed by atoms with E-state index in [0.717, 1.165) is 0 Å². The Morgan fingerprint density at radius 3 is 2.88 bits per heavy atom. The molecule has 0 radical (unpaired) electrons. The van der Waals surface area contributed by atoms with Gasteiger partial charge in [0.1, 0.15) is 11.5 Å². The van der Waals surface area contributed by atoms with Crippen molar-refractivity contribution in [2.45, 2.75) is 0 Å². The van der Waals surface area contributed by atoms with Gasteiger partial charge in [-0.15, -0.1) is 6.58 Å². The molecule has 86 valence electrons. The third-order valence-corrected chi connectivity index (χ3v) is 2.25. The molecule has 0 aliphatic rings. The Morgan fingerprint density at radius 2 is 2.31 bits per heavy atom. The summed E-state index contributed by atoms with van der Waals surface area (Å²) in [6.07, 6.45) is 1.58. The quantitative estimate of drug-likeness (QED) is 0.297. The molecule has 0 fully saturated rings. The van der Waals surface area contributed by atoms with Crippen LogP contribution >= 0.6 is 15.9 Å². The summed E-state index contributed by atoms with van der Waals surface area (Å²) >= 11 is 3.16. The number of oxime groups is 1. The van der Waals surface area contributed by atoms with Gasteiger partial charge in [0, 0.05) is 10.0 Å². The molecule has 1 aromatic carbocycles. The Balaban J connectivity index is 2.83. The molecular formula is C11H11BrFNO2. The van der Waals surface area contributed by atoms with Gasteiger partial charge < -0.3 is 9.94 Å². The lowest BCUT2D eigenvalue weighted by Crippen LogP contribution is -2.11. The van der Waals surface area contributed by atoms with E-state index < -0.39 is 5.82 Å². The van der Waals surface area contributed by atoms with Gasteiger partial charge in [0.15, 0.2) is 0 Å². The molecule has 0 amide bonds. The summed E-state index contributed by atoms with van der Waals surface area (Å²) in [5.41, 5.74) is 0.737. The van der Waals surface area contributed by atoms with Gasteiger partial charge >= 0.3 is 0 Å². The Bertz CT molecular complexity index is 387. The minimum atomic E-state index is -0.408. The predicted molar refractivity (Wildman–Crippen MR) is 63.4 cm³/mol. The van der Waals surface area contributed by atoms with Crippen molar-refractivity contribution in [2.75, 3.05) is 13.2 Å². The normalized spacial score (nSPS) is 11.5. The highest BCUT2D eigenvalue weighted by Crippen LogP contribution is 2.15. The van der Waals surface area contributed by atoms with E-state index in [1.165, 1.54) is 12.1 Å². The van der Waals surface area contributed by atoms with Crippen LogP contribution < -0.4 is 0 Å². The monoisotopic (exact) mass is 287 g/mol. The second-order valence-electron chi connectivity index (χ2n) is 3.01. The van der Waals surface area contributed by atoms with E-state index in [0.29, 0.717) is 16.6 Å². The van der Waals surface area contributed by atoms with E-state index in [4.69, 9.17) is 9.94 Å². The van der Waals surface area contributed by atoms with E-state index in [1.807, 2.05) is 0 Å². The fourth-order valence-corrected chi connectivity index (χ4v) is 1.59. The number of nitrogens with zero attached hydrogens (tertiary/aromatic N) is 1. The van der Waals surface area contributed by atoms with Crippen LogP contribution in [0.3, 0.4) is 0 Å². The molecule has 0 spiro atoms. The largest absolute Gasteiger partial charge is 0.411 e. The van der Waals surface area contributed by atoms with Crippen LogP contribution in [0.5, 0.6) is 0 Å². The van der Waals surface area contributed by atoms with Gasteiger partial charge in [-0.1, -0.05) is 27.2 Å². The van der Waals surface area contributed by atoms with Gasteiger partial charge in [-0.25, -0.2) is 4.39 Å². The molecule has 0 aliphatic carbocycles. The summed E-state index contributed by atoms with van der Waals surface area (Å²) in [6, 6.07) is 4.25. The summed E-state index contributed by atoms with van der Waals surface area (Å²) in [5.74, 6) is -0.408. The van der Waals surface area contributed by atoms with Crippen LogP contribution in [0.15, 0.2) is 40.5 Å². The highest BCUT2D eigenvalue weighted by molar-refractivity contribution is 9.10. The maximum absolute atomic E-state index is 13.1. The third kappa shape index (κ3) is 3.75. The first-order valence-electron chi connectivity index (χ1n) is 4.53. The van der Waals surface area contributed by atoms with Crippen LogP contribution in [0.25, 0.3) is 0 Å². The fraction of sp³-hybridized carbons (Fsp3) is 0.182. The summed E-state index contributed by atoms with van der Waals surface area (Å²) in [7, 11) is 0. The van der Waals surface area contributed by atoms with E-state index in [-0.39, 0.29) is 12.3 Å². The average molecular weight is 288 g/mol. The van der Waals surface area contributed by atoms with E-state index in [2.05, 4.69) is 27.7 Å². The zero-order chi connectivity index (χ0) is 12.0. The van der Waals surface area contributed by atoms with Crippen LogP contribution in [-0.4, -0.2) is 24.1 Å². The lowest BCUT2D eigenvalue weighted by atomic mass is 10.1. The van der Waals surface area contributed by atoms with Crippen molar-refractivity contribution in [3.63, 3.8) is 0 Å². The van der Waals surface area contributed by atoms with Crippen molar-refractivity contribution < 1.29 is 14.3 Å². The second-order valence-corrected chi connectivity index (χ2v) is 3.92. The minimum Gasteiger partial charge on any atom is -0.411 e. The molecule has 16 heavy (non-hydrogen) atoms. The molecule has 3 nitrogen and oxygen atoms in total. The van der Waals surface area contributed by atoms with Gasteiger partial charge in [0.25, 0.3) is 0 Å². The third-order valence-electron chi connectivity index (χ3n) is 1.79. The van der Waals surface area contributed by atoms with Crippen LogP contribution in [0, 0.1) is 5.82 Å². The lowest BCUT2D eigenvalue weighted by molar-refractivity contribution is 0.200. The fourth-order valence-electron chi connectivity index (χ4n) is 1.13. The van der Waals surface area contributed by atoms with Crippen molar-refractivity contribution >= 4 is 21.6 Å². The number of ether oxygens (including phenoxy) is 1. The maximum atomic E-state index is 13.1. The first kappa shape index (κ1) is 12.9. The number of hydrogen-bond acceptors (Lipinski definition) is 3. The lowest BCUT2D eigenvalue weighted by Gasteiger charge is -2.05. The molecule has 0 aliphatic heterocycles. The molecule has 0 heterocycles. The average Bonchev–Trinajstić information content (AvgIpc) is 2.23. The summed E-state index contributed by atoms with van der Waals surface area (Å²) in [4.78, 5) is 0. The van der Waals surface area contributed by atoms with Crippen LogP contribution in [0.2, 0.25) is 0 Å². The molecule has 0 saturated carbocycles. The number of hydrogen-bond donors (Lipinski definition) is 1. The second kappa shape index (κ2) is 6.40. The highest BCUT2D eigenvalue weighted by atomic mass is 79.9. The smallest absolute Gasteiger partial charge is 0.124 e. The Kier molecular flexibility index (Phi) is 5.14. The highest BCUT2D eigenvalue weighted by Gasteiger charge is 2.07. The maximum Gasteiger partial charge on any atom is 0.124 e. The molecule has 1 aromatic rings. The first-order chi connectivity index (χ1) is 7.67. The molecule has 1 rings (SSSR count). The first-order valence-corrected chi connectivity index (χ1v) is 5.32. The Labute approximate surface area is 101 Å². The minimum absolute atomic E-state index is 0.0956. The van der Waals surface area contributed by atoms with Crippen molar-refractivity contribution in [3.8, 4) is 0 Å². The van der Waals surface area contributed by atoms with Crippen molar-refractivity contribution in [1.82, 2.24) is 0 Å². The van der Waals surface area contributed by atoms with Gasteiger partial charge in [-0.2, -0.15) is 0 Å². The molecule has 0 atom stereocenters. The number of rotatable bonds is 5. The molecule has 0 aromatic heterocycles. The summed E-state index contributed by atoms with van der Waals surface area (Å²) in [6.45, 7) is 3.93. The molecule has 0 bridgehead atoms. The molecule has 0 unspecified atom stereocenters. The number of halogens is 2. The topological polar surface area (TPSA) is 41.8 Å². The summed E-state index contributed by atoms with van der Waals surface area (Å²) in [5, 5.41) is 11.9. The van der Waals surface area contributed by atoms with Crippen LogP contribution in [0.4, 0.5) is 4.39 Å². The molecule has 1 N–H and O–H groups in total. The standard InChI is InChI=1S/C11H11BrFNO2/c1-2-3-16-7-11(14-15)8-4-9(12)6-10(13)5-8/h2,4-6,15H,1,3,7H2. The Hall–Kier alpha value is -1.20. The van der Waals surface area contributed by atoms with Crippen molar-refractivity contribution in [3.05, 3.63) is 46.7 Å². The van der Waals surface area contributed by atoms with Crippen molar-refractivity contribution in [2.24, 2.45) is 5.16 Å². The van der Waals surface area contributed by atoms with Crippen LogP contribution in [0.1, 0.15) is 5.56 Å². The molecule has 0 saturated heterocycles. The predicted octanol–water partition coefficient (Wildman–Crippen LogP) is 2.97. The zero-order valence-electron chi connectivity index (χ0n) is 8.49. The summed E-state index contributed by atoms with van der Waals surface area (Å²) < 4.78 is 18.8. The van der Waals surface area contributed by atoms with Gasteiger partial charge in [0.05, 0.1) is 13.2 Å². The van der Waals surface area contributed by atoms with Gasteiger partial charge in [0.2, 0.25) is 0 Å².